The summed E-state index contributed by atoms with van der Waals surface area (Å²) in [5, 5.41) is 0. The van der Waals surface area contributed by atoms with Crippen molar-refractivity contribution < 1.29 is 14.3 Å². The van der Waals surface area contributed by atoms with Gasteiger partial charge in [-0.15, -0.1) is 0 Å². The zero-order valence-electron chi connectivity index (χ0n) is 14.8. The predicted molar refractivity (Wildman–Crippen MR) is 96.1 cm³/mol. The van der Waals surface area contributed by atoms with E-state index < -0.39 is 0 Å². The molecule has 0 unspecified atom stereocenters. The van der Waals surface area contributed by atoms with Crippen molar-refractivity contribution in [2.45, 2.75) is 19.4 Å². The lowest BCUT2D eigenvalue weighted by molar-refractivity contribution is 0.0808. The van der Waals surface area contributed by atoms with Crippen molar-refractivity contribution in [3.8, 4) is 11.5 Å². The van der Waals surface area contributed by atoms with Crippen molar-refractivity contribution >= 4 is 5.78 Å². The number of carbonyl (C=O) groups excluding carboxylic acids is 1. The number of nitrogens with zero attached hydrogens (tertiary/aromatic N) is 2. The molecular formula is C20H24N2O3. The van der Waals surface area contributed by atoms with E-state index in [9.17, 15) is 4.79 Å². The molecule has 25 heavy (non-hydrogen) atoms. The van der Waals surface area contributed by atoms with Gasteiger partial charge in [-0.1, -0.05) is 6.07 Å². The van der Waals surface area contributed by atoms with E-state index in [4.69, 9.17) is 9.47 Å². The van der Waals surface area contributed by atoms with Gasteiger partial charge in [0.2, 0.25) is 0 Å². The number of ether oxygens (including phenoxy) is 2. The summed E-state index contributed by atoms with van der Waals surface area (Å²) in [6, 6.07) is 9.41. The Balaban J connectivity index is 1.71. The van der Waals surface area contributed by atoms with Gasteiger partial charge in [-0.3, -0.25) is 14.7 Å². The van der Waals surface area contributed by atoms with Crippen LogP contribution in [0.25, 0.3) is 0 Å². The van der Waals surface area contributed by atoms with Crippen LogP contribution in [0.5, 0.6) is 11.5 Å². The van der Waals surface area contributed by atoms with E-state index in [0.29, 0.717) is 17.1 Å². The van der Waals surface area contributed by atoms with E-state index >= 15 is 0 Å². The van der Waals surface area contributed by atoms with Gasteiger partial charge in [0.05, 0.1) is 19.8 Å². The normalized spacial score (nSPS) is 17.9. The van der Waals surface area contributed by atoms with E-state index in [0.717, 1.165) is 32.5 Å². The first-order valence-corrected chi connectivity index (χ1v) is 8.58. The highest BCUT2D eigenvalue weighted by Gasteiger charge is 2.28. The molecule has 1 atom stereocenters. The molecule has 1 aromatic heterocycles. The van der Waals surface area contributed by atoms with Crippen LogP contribution in [-0.4, -0.2) is 43.0 Å². The zero-order chi connectivity index (χ0) is 17.6. The van der Waals surface area contributed by atoms with Crippen LogP contribution in [0.15, 0.2) is 42.7 Å². The summed E-state index contributed by atoms with van der Waals surface area (Å²) in [6.07, 6.45) is 5.60. The molecule has 5 nitrogen and oxygen atoms in total. The Morgan fingerprint density at radius 3 is 2.88 bits per heavy atom. The molecule has 2 heterocycles. The number of carbonyl (C=O) groups is 1. The number of hydrogen-bond donors (Lipinski definition) is 0. The molecule has 0 N–H and O–H groups in total. The van der Waals surface area contributed by atoms with Gasteiger partial charge in [0.25, 0.3) is 0 Å². The second-order valence-corrected chi connectivity index (χ2v) is 6.37. The lowest BCUT2D eigenvalue weighted by Crippen LogP contribution is -2.38. The molecule has 0 amide bonds. The van der Waals surface area contributed by atoms with Crippen LogP contribution in [0.1, 0.15) is 28.8 Å². The first-order valence-electron chi connectivity index (χ1n) is 8.58. The van der Waals surface area contributed by atoms with Gasteiger partial charge < -0.3 is 9.47 Å². The molecule has 0 saturated carbocycles. The maximum atomic E-state index is 13.0. The van der Waals surface area contributed by atoms with Gasteiger partial charge in [0.15, 0.2) is 5.78 Å². The van der Waals surface area contributed by atoms with Crippen LogP contribution in [-0.2, 0) is 6.54 Å². The molecule has 5 heteroatoms. The van der Waals surface area contributed by atoms with Crippen molar-refractivity contribution in [1.82, 2.24) is 9.88 Å². The van der Waals surface area contributed by atoms with Gasteiger partial charge in [0.1, 0.15) is 11.5 Å². The minimum atomic E-state index is -0.00674. The van der Waals surface area contributed by atoms with Crippen LogP contribution in [0, 0.1) is 5.92 Å². The Labute approximate surface area is 148 Å². The molecule has 1 aromatic carbocycles. The number of rotatable bonds is 6. The summed E-state index contributed by atoms with van der Waals surface area (Å²) in [7, 11) is 3.19. The van der Waals surface area contributed by atoms with Gasteiger partial charge >= 0.3 is 0 Å². The summed E-state index contributed by atoms with van der Waals surface area (Å²) < 4.78 is 10.6. The monoisotopic (exact) mass is 340 g/mol. The van der Waals surface area contributed by atoms with Crippen LogP contribution in [0.4, 0.5) is 0 Å². The van der Waals surface area contributed by atoms with Gasteiger partial charge in [-0.05, 0) is 43.1 Å². The molecule has 1 aliphatic heterocycles. The quantitative estimate of drug-likeness (QED) is 0.756. The molecule has 0 bridgehead atoms. The highest BCUT2D eigenvalue weighted by Crippen LogP contribution is 2.29. The standard InChI is InChI=1S/C20H24N2O3/c1-24-17-7-8-18(19(11-17)25-2)20(23)16-6-4-10-22(14-16)13-15-5-3-9-21-12-15/h3,5,7-9,11-12,16H,4,6,10,13-14H2,1-2H3/t16-/m0/s1. The molecule has 0 radical (unpaired) electrons. The van der Waals surface area contributed by atoms with E-state index in [1.54, 1.807) is 32.5 Å². The number of hydrogen-bond acceptors (Lipinski definition) is 5. The SMILES string of the molecule is COc1ccc(C(=O)[C@H]2CCCN(Cc3cccnc3)C2)c(OC)c1. The average molecular weight is 340 g/mol. The minimum Gasteiger partial charge on any atom is -0.497 e. The fourth-order valence-electron chi connectivity index (χ4n) is 3.38. The summed E-state index contributed by atoms with van der Waals surface area (Å²) in [6.45, 7) is 2.61. The van der Waals surface area contributed by atoms with Crippen molar-refractivity contribution in [2.24, 2.45) is 5.92 Å². The van der Waals surface area contributed by atoms with Gasteiger partial charge in [-0.25, -0.2) is 0 Å². The van der Waals surface area contributed by atoms with Crippen molar-refractivity contribution in [3.63, 3.8) is 0 Å². The van der Waals surface area contributed by atoms with Crippen molar-refractivity contribution in [3.05, 3.63) is 53.9 Å². The van der Waals surface area contributed by atoms with Gasteiger partial charge in [0, 0.05) is 37.5 Å². The second-order valence-electron chi connectivity index (χ2n) is 6.37. The molecule has 2 aromatic rings. The lowest BCUT2D eigenvalue weighted by atomic mass is 9.89. The highest BCUT2D eigenvalue weighted by atomic mass is 16.5. The first kappa shape index (κ1) is 17.4. The van der Waals surface area contributed by atoms with E-state index in [1.165, 1.54) is 5.56 Å². The topological polar surface area (TPSA) is 51.7 Å². The average Bonchev–Trinajstić information content (AvgIpc) is 2.68. The fourth-order valence-corrected chi connectivity index (χ4v) is 3.38. The Bertz CT molecular complexity index is 718. The molecule has 0 spiro atoms. The summed E-state index contributed by atoms with van der Waals surface area (Å²) >= 11 is 0. The smallest absolute Gasteiger partial charge is 0.170 e. The minimum absolute atomic E-state index is 0.00674. The summed E-state index contributed by atoms with van der Waals surface area (Å²) in [4.78, 5) is 19.5. The number of benzene rings is 1. The number of likely N-dealkylation sites (tertiary alicyclic amines) is 1. The highest BCUT2D eigenvalue weighted by molar-refractivity contribution is 6.00. The first-order chi connectivity index (χ1) is 12.2. The van der Waals surface area contributed by atoms with Crippen LogP contribution in [0.2, 0.25) is 0 Å². The third-order valence-corrected chi connectivity index (χ3v) is 4.68. The van der Waals surface area contributed by atoms with Gasteiger partial charge in [-0.2, -0.15) is 0 Å². The predicted octanol–water partition coefficient (Wildman–Crippen LogP) is 3.19. The maximum Gasteiger partial charge on any atom is 0.170 e. The Kier molecular flexibility index (Phi) is 5.66. The number of Topliss-reactive ketones (excluding diaryl/α,β-unsaturated/α-hetero) is 1. The van der Waals surface area contributed by atoms with Crippen LogP contribution < -0.4 is 9.47 Å². The zero-order valence-corrected chi connectivity index (χ0v) is 14.8. The molecule has 0 aliphatic carbocycles. The Morgan fingerprint density at radius 1 is 1.28 bits per heavy atom. The second kappa shape index (κ2) is 8.12. The van der Waals surface area contributed by atoms with Crippen molar-refractivity contribution in [1.29, 1.82) is 0 Å². The molecule has 1 fully saturated rings. The Hall–Kier alpha value is -2.40. The number of methoxy groups -OCH3 is 2. The largest absolute Gasteiger partial charge is 0.497 e. The maximum absolute atomic E-state index is 13.0. The lowest BCUT2D eigenvalue weighted by Gasteiger charge is -2.32. The molecular weight excluding hydrogens is 316 g/mol. The third-order valence-electron chi connectivity index (χ3n) is 4.68. The van der Waals surface area contributed by atoms with Crippen LogP contribution in [0.3, 0.4) is 0 Å². The Morgan fingerprint density at radius 2 is 2.16 bits per heavy atom. The molecule has 1 aliphatic rings. The molecule has 3 rings (SSSR count). The van der Waals surface area contributed by atoms with E-state index in [-0.39, 0.29) is 11.7 Å². The summed E-state index contributed by atoms with van der Waals surface area (Å²) in [5.74, 6) is 1.41. The van der Waals surface area contributed by atoms with E-state index in [1.807, 2.05) is 18.3 Å². The third kappa shape index (κ3) is 4.17. The number of ketones is 1. The van der Waals surface area contributed by atoms with Crippen molar-refractivity contribution in [2.75, 3.05) is 27.3 Å². The number of pyridine rings is 1. The van der Waals surface area contributed by atoms with Crippen LogP contribution >= 0.6 is 0 Å². The fraction of sp³-hybridized carbons (Fsp3) is 0.400. The molecule has 132 valence electrons. The summed E-state index contributed by atoms with van der Waals surface area (Å²) in [5.41, 5.74) is 1.81. The van der Waals surface area contributed by atoms with E-state index in [2.05, 4.69) is 16.0 Å². The number of aromatic nitrogens is 1. The number of piperidine rings is 1. The molecule has 1 saturated heterocycles.